The lowest BCUT2D eigenvalue weighted by atomic mass is 9.33. The Morgan fingerprint density at radius 1 is 0.256 bits per heavy atom. The molecule has 6 nitrogen and oxygen atoms in total. The first-order valence-electron chi connectivity index (χ1n) is 49.2. The van der Waals surface area contributed by atoms with E-state index >= 15 is 0 Å². The van der Waals surface area contributed by atoms with Gasteiger partial charge in [-0.05, 0) is 255 Å². The molecule has 129 heavy (non-hydrogen) atoms. The lowest BCUT2D eigenvalue weighted by Crippen LogP contribution is -2.61. The molecule has 2 aliphatic rings. The third-order valence-corrected chi connectivity index (χ3v) is 27.4. The maximum atomic E-state index is 10.1. The van der Waals surface area contributed by atoms with Crippen molar-refractivity contribution >= 4 is 145 Å². The van der Waals surface area contributed by atoms with E-state index in [4.69, 9.17) is 4.42 Å². The first kappa shape index (κ1) is 70.7. The molecule has 0 bridgehead atoms. The molecule has 4 aromatic heterocycles. The summed E-state index contributed by atoms with van der Waals surface area (Å²) in [5.74, 6) is 0. The quantitative estimate of drug-likeness (QED) is 0.128. The van der Waals surface area contributed by atoms with Crippen LogP contribution in [0.2, 0.25) is 0 Å². The molecular weight excluding hydrogens is 1560 g/mol. The lowest BCUT2D eigenvalue weighted by molar-refractivity contribution is 0.590. The smallest absolute Gasteiger partial charge is 0.252 e. The zero-order chi connectivity index (χ0) is 95.2. The summed E-state index contributed by atoms with van der Waals surface area (Å²) in [4.78, 5) is 5.08. The molecule has 21 aromatic rings. The Kier molecular flexibility index (Phi) is 15.9. The van der Waals surface area contributed by atoms with Gasteiger partial charge in [0, 0.05) is 94.0 Å². The van der Waals surface area contributed by atoms with Crippen molar-refractivity contribution in [3.8, 4) is 72.7 Å². The summed E-state index contributed by atoms with van der Waals surface area (Å²) in [6.45, 7) is 33.8. The molecule has 0 saturated carbocycles. The second kappa shape index (κ2) is 29.1. The van der Waals surface area contributed by atoms with Crippen LogP contribution in [0.1, 0.15) is 143 Å². The highest BCUT2D eigenvalue weighted by atomic mass is 16.3. The first-order valence-corrected chi connectivity index (χ1v) is 45.2. The fourth-order valence-electron chi connectivity index (χ4n) is 20.8. The normalized spacial score (nSPS) is 14.1. The molecule has 7 heteroatoms. The van der Waals surface area contributed by atoms with Gasteiger partial charge in [0.15, 0.2) is 0 Å². The Hall–Kier alpha value is -14.4. The molecule has 17 aromatic carbocycles. The van der Waals surface area contributed by atoms with Gasteiger partial charge in [0.2, 0.25) is 0 Å². The summed E-state index contributed by atoms with van der Waals surface area (Å²) >= 11 is 0. The average Bonchev–Trinajstić information content (AvgIpc) is 1.63. The van der Waals surface area contributed by atoms with Gasteiger partial charge in [0.25, 0.3) is 6.71 Å². The van der Waals surface area contributed by atoms with Crippen LogP contribution >= 0.6 is 0 Å². The van der Waals surface area contributed by atoms with Gasteiger partial charge < -0.3 is 27.9 Å². The molecule has 0 fully saturated rings. The maximum absolute atomic E-state index is 10.1. The number of aromatic nitrogens is 3. The Morgan fingerprint density at radius 2 is 0.698 bits per heavy atom. The van der Waals surface area contributed by atoms with Crippen molar-refractivity contribution in [1.82, 2.24) is 13.7 Å². The van der Waals surface area contributed by atoms with Crippen molar-refractivity contribution < 1.29 is 15.4 Å². The van der Waals surface area contributed by atoms with Crippen molar-refractivity contribution in [3.63, 3.8) is 0 Å². The van der Waals surface area contributed by atoms with E-state index in [0.29, 0.717) is 5.69 Å². The molecule has 0 saturated heterocycles. The average molecular weight is 1680 g/mol. The number of anilines is 6. The number of para-hydroxylation sites is 4. The molecule has 0 unspecified atom stereocenters. The van der Waals surface area contributed by atoms with Crippen molar-refractivity contribution in [2.75, 3.05) is 9.80 Å². The SMILES string of the molecule is [2H]c1c([2H])c([2H])c2c(c1[2H])c1c([2H])c([2H])c([2H])c([2H])c1n2-c1ccc2c(c1)N(c1c(-c3ccccc3)cccc1C(C)(C)C)c1cc(-c3c(-c4ccc5oc6ccccc6c5c4)cccc3-n3c4ccc(C(C)(C)C)cc4c4cc(C(C)(C)C)ccc43)cc3c1B2c1ccc(-n2c4ccc(C(C)(C)C)cc4c4cc(C(C)(C)C)ccc42)cc1N3c1cc(-c2ccccc2)cc(-c2ccccc2)c1. The minimum Gasteiger partial charge on any atom is -0.456 e. The molecule has 0 spiro atoms. The number of furan rings is 1. The third kappa shape index (κ3) is 12.9. The summed E-state index contributed by atoms with van der Waals surface area (Å²) in [6, 6.07) is 111. The highest BCUT2D eigenvalue weighted by Crippen LogP contribution is 2.56. The number of hydrogen-bond donors (Lipinski definition) is 0. The van der Waals surface area contributed by atoms with Crippen molar-refractivity contribution in [3.05, 3.63) is 386 Å². The first-order chi connectivity index (χ1) is 65.5. The Balaban J connectivity index is 0.938. The Morgan fingerprint density at radius 3 is 1.21 bits per heavy atom. The van der Waals surface area contributed by atoms with E-state index in [9.17, 15) is 11.0 Å². The third-order valence-electron chi connectivity index (χ3n) is 27.4. The number of fused-ring (bicyclic) bond motifs is 16. The van der Waals surface area contributed by atoms with Crippen molar-refractivity contribution in [2.45, 2.75) is 131 Å². The fraction of sp³-hybridized carbons (Fsp3) is 0.164. The van der Waals surface area contributed by atoms with E-state index < -0.39 is 48.4 Å². The monoisotopic (exact) mass is 1670 g/mol. The lowest BCUT2D eigenvalue weighted by Gasteiger charge is -2.46. The van der Waals surface area contributed by atoms with Gasteiger partial charge in [-0.2, -0.15) is 0 Å². The van der Waals surface area contributed by atoms with Crippen LogP contribution in [0.4, 0.5) is 34.1 Å². The van der Waals surface area contributed by atoms with E-state index in [0.717, 1.165) is 189 Å². The second-order valence-electron chi connectivity index (χ2n) is 40.7. The predicted octanol–water partition coefficient (Wildman–Crippen LogP) is 31.8. The van der Waals surface area contributed by atoms with E-state index in [2.05, 4.69) is 414 Å². The molecule has 23 rings (SSSR count). The van der Waals surface area contributed by atoms with Crippen LogP contribution in [0.5, 0.6) is 0 Å². The van der Waals surface area contributed by atoms with E-state index in [1.807, 2.05) is 18.2 Å². The fourth-order valence-corrected chi connectivity index (χ4v) is 20.8. The minimum atomic E-state index is -0.602. The van der Waals surface area contributed by atoms with Gasteiger partial charge in [0.05, 0.1) is 55.4 Å². The molecule has 0 radical (unpaired) electrons. The molecule has 0 aliphatic carbocycles. The summed E-state index contributed by atoms with van der Waals surface area (Å²) in [6.07, 6.45) is 0. The number of hydrogen-bond acceptors (Lipinski definition) is 3. The van der Waals surface area contributed by atoms with Crippen LogP contribution < -0.4 is 26.2 Å². The van der Waals surface area contributed by atoms with Crippen LogP contribution in [-0.2, 0) is 27.1 Å². The van der Waals surface area contributed by atoms with Gasteiger partial charge in [0.1, 0.15) is 11.2 Å². The van der Waals surface area contributed by atoms with Crippen LogP contribution in [-0.4, -0.2) is 20.4 Å². The molecule has 0 N–H and O–H groups in total. The van der Waals surface area contributed by atoms with Crippen molar-refractivity contribution in [2.24, 2.45) is 0 Å². The zero-order valence-electron chi connectivity index (χ0n) is 83.7. The largest absolute Gasteiger partial charge is 0.456 e. The van der Waals surface area contributed by atoms with Gasteiger partial charge in [-0.25, -0.2) is 0 Å². The van der Waals surface area contributed by atoms with E-state index in [-0.39, 0.29) is 55.6 Å². The second-order valence-corrected chi connectivity index (χ2v) is 40.7. The summed E-state index contributed by atoms with van der Waals surface area (Å²) in [5, 5.41) is 6.59. The zero-order valence-corrected chi connectivity index (χ0v) is 75.7. The molecule has 2 aliphatic heterocycles. The van der Waals surface area contributed by atoms with Gasteiger partial charge in [-0.1, -0.05) is 322 Å². The van der Waals surface area contributed by atoms with Gasteiger partial charge in [-0.15, -0.1) is 0 Å². The molecule has 0 amide bonds. The number of rotatable bonds is 10. The van der Waals surface area contributed by atoms with Crippen LogP contribution in [0.3, 0.4) is 0 Å². The van der Waals surface area contributed by atoms with Gasteiger partial charge >= 0.3 is 0 Å². The molecule has 6 heterocycles. The summed E-state index contributed by atoms with van der Waals surface area (Å²) < 4.78 is 91.0. The Labute approximate surface area is 767 Å². The topological polar surface area (TPSA) is 34.4 Å². The molecule has 626 valence electrons. The van der Waals surface area contributed by atoms with Crippen LogP contribution in [0.25, 0.3) is 160 Å². The highest BCUT2D eigenvalue weighted by Gasteiger charge is 2.46. The van der Waals surface area contributed by atoms with Crippen LogP contribution in [0, 0.1) is 0 Å². The number of benzene rings is 17. The maximum Gasteiger partial charge on any atom is 0.252 e. The van der Waals surface area contributed by atoms with Crippen molar-refractivity contribution in [1.29, 1.82) is 0 Å². The van der Waals surface area contributed by atoms with E-state index in [1.54, 1.807) is 4.57 Å². The van der Waals surface area contributed by atoms with Gasteiger partial charge in [-0.3, -0.25) is 0 Å². The predicted molar refractivity (Wildman–Crippen MR) is 551 cm³/mol. The van der Waals surface area contributed by atoms with E-state index in [1.165, 1.54) is 22.3 Å². The Bertz CT molecular complexity index is 8450. The molecular formula is C122H104BN5O. The van der Waals surface area contributed by atoms with Crippen LogP contribution in [0.15, 0.2) is 362 Å². The summed E-state index contributed by atoms with van der Waals surface area (Å²) in [7, 11) is 0. The highest BCUT2D eigenvalue weighted by molar-refractivity contribution is 7.00. The molecule has 0 atom stereocenters. The minimum absolute atomic E-state index is 0.00449. The number of nitrogens with zero attached hydrogens (tertiary/aromatic N) is 5. The standard InChI is InChI=1S/C122H104BN5O/c1-118(2,3)82-50-58-104-94(69-82)95-70-83(119(4,5)6)51-59-105(95)125(104)86-54-56-100-109(73-86)126(88-64-79(75-33-19-16-20-34-75)63-80(65-88)76-35-21-17-22-36-76)111-67-81(115-89(78-49-62-114-98(66-78)93-41-27-30-48-113(93)129-114)42-32-47-108(115)127-106-60-52-84(120(7,8)9)71-96(106)97-72-85(121(10,11)12)53-61-107(97)127)68-112-116(111)123(100)101-57-55-87(124-102-45-28-25-39-91(102)92-40-26-29-46-103(92)124)74-110(101)128(112)117-90(77-37-23-18-24-38-77)43-31-44-99(117)122(13,14)15/h16-74H,1-15H3/i25D,26D,28D,29D,39D,40D,45D,46D. The summed E-state index contributed by atoms with van der Waals surface area (Å²) in [5.41, 5.74) is 30.8.